The predicted octanol–water partition coefficient (Wildman–Crippen LogP) is 4.40. The first-order valence-electron chi connectivity index (χ1n) is 11.7. The molecule has 2 aromatic carbocycles. The van der Waals surface area contributed by atoms with Crippen LogP contribution in [0.2, 0.25) is 0 Å². The molecule has 7 nitrogen and oxygen atoms in total. The zero-order chi connectivity index (χ0) is 23.5. The van der Waals surface area contributed by atoms with Gasteiger partial charge in [0.1, 0.15) is 17.6 Å². The van der Waals surface area contributed by atoms with Crippen molar-refractivity contribution in [1.82, 2.24) is 24.6 Å². The summed E-state index contributed by atoms with van der Waals surface area (Å²) in [4.78, 5) is 18.3. The van der Waals surface area contributed by atoms with E-state index < -0.39 is 6.04 Å². The number of imidazole rings is 1. The first-order chi connectivity index (χ1) is 16.7. The summed E-state index contributed by atoms with van der Waals surface area (Å²) in [5.74, 6) is 1.28. The third-order valence-electron chi connectivity index (χ3n) is 6.47. The minimum Gasteiger partial charge on any atom is -0.497 e. The van der Waals surface area contributed by atoms with E-state index in [1.807, 2.05) is 77.1 Å². The highest BCUT2D eigenvalue weighted by atomic mass is 16.5. The molecular formula is C27H29N5O2. The van der Waals surface area contributed by atoms with E-state index in [4.69, 9.17) is 9.84 Å². The second-order valence-corrected chi connectivity index (χ2v) is 8.66. The van der Waals surface area contributed by atoms with Crippen molar-refractivity contribution < 1.29 is 9.53 Å². The average molecular weight is 456 g/mol. The molecule has 5 rings (SSSR count). The summed E-state index contributed by atoms with van der Waals surface area (Å²) in [5.41, 5.74) is 4.58. The average Bonchev–Trinajstić information content (AvgIpc) is 3.37. The number of ether oxygens (including phenoxy) is 1. The van der Waals surface area contributed by atoms with E-state index in [2.05, 4.69) is 10.3 Å². The van der Waals surface area contributed by atoms with Crippen LogP contribution in [0.25, 0.3) is 5.69 Å². The number of nitrogens with one attached hydrogen (secondary N) is 1. The van der Waals surface area contributed by atoms with Gasteiger partial charge in [0.2, 0.25) is 0 Å². The molecule has 0 fully saturated rings. The summed E-state index contributed by atoms with van der Waals surface area (Å²) in [7, 11) is 3.57. The lowest BCUT2D eigenvalue weighted by Crippen LogP contribution is -2.32. The number of para-hydroxylation sites is 1. The Labute approximate surface area is 199 Å². The maximum Gasteiger partial charge on any atom is 0.272 e. The Bertz CT molecular complexity index is 1290. The van der Waals surface area contributed by atoms with Gasteiger partial charge in [0.05, 0.1) is 12.8 Å². The number of carbonyl (C=O) groups excluding carboxylic acids is 1. The highest BCUT2D eigenvalue weighted by Gasteiger charge is 2.28. The Balaban J connectivity index is 1.55. The number of hydrogen-bond acceptors (Lipinski definition) is 4. The monoisotopic (exact) mass is 455 g/mol. The van der Waals surface area contributed by atoms with Crippen LogP contribution >= 0.6 is 0 Å². The number of methoxy groups -OCH3 is 1. The first kappa shape index (κ1) is 21.9. The molecule has 1 atom stereocenters. The van der Waals surface area contributed by atoms with Gasteiger partial charge in [0, 0.05) is 30.7 Å². The molecule has 0 radical (unpaired) electrons. The molecule has 2 aromatic heterocycles. The highest BCUT2D eigenvalue weighted by Crippen LogP contribution is 2.28. The lowest BCUT2D eigenvalue weighted by molar-refractivity contribution is 0.0934. The molecule has 0 bridgehead atoms. The van der Waals surface area contributed by atoms with Crippen LogP contribution in [0.4, 0.5) is 0 Å². The van der Waals surface area contributed by atoms with Crippen molar-refractivity contribution in [2.75, 3.05) is 7.11 Å². The topological polar surface area (TPSA) is 74.0 Å². The third kappa shape index (κ3) is 4.21. The van der Waals surface area contributed by atoms with Crippen molar-refractivity contribution in [2.24, 2.45) is 7.05 Å². The summed E-state index contributed by atoms with van der Waals surface area (Å²) in [5, 5.41) is 8.07. The molecule has 174 valence electrons. The molecule has 4 aromatic rings. The number of fused-ring (bicyclic) bond motifs is 1. The van der Waals surface area contributed by atoms with E-state index in [0.717, 1.165) is 66.2 Å². The molecule has 1 aliphatic carbocycles. The molecule has 34 heavy (non-hydrogen) atoms. The van der Waals surface area contributed by atoms with Gasteiger partial charge in [-0.2, -0.15) is 5.10 Å². The molecule has 2 heterocycles. The van der Waals surface area contributed by atoms with E-state index in [1.165, 1.54) is 0 Å². The lowest BCUT2D eigenvalue weighted by atomic mass is 10.0. The Morgan fingerprint density at radius 3 is 2.65 bits per heavy atom. The SMILES string of the molecule is COc1cccc(C(NC(=O)c2nn(-c3ccccc3)c3c2CCCCC3)c2nccn2C)c1. The quantitative estimate of drug-likeness (QED) is 0.437. The normalized spacial score (nSPS) is 14.2. The summed E-state index contributed by atoms with van der Waals surface area (Å²) in [6, 6.07) is 17.3. The Morgan fingerprint density at radius 2 is 1.88 bits per heavy atom. The van der Waals surface area contributed by atoms with Crippen LogP contribution in [0.5, 0.6) is 5.75 Å². The number of rotatable bonds is 6. The van der Waals surface area contributed by atoms with Crippen LogP contribution in [0.15, 0.2) is 67.0 Å². The zero-order valence-corrected chi connectivity index (χ0v) is 19.6. The summed E-state index contributed by atoms with van der Waals surface area (Å²) >= 11 is 0. The van der Waals surface area contributed by atoms with Crippen LogP contribution in [-0.2, 0) is 19.9 Å². The molecule has 7 heteroatoms. The molecule has 0 saturated heterocycles. The molecule has 0 saturated carbocycles. The van der Waals surface area contributed by atoms with Crippen molar-refractivity contribution in [3.05, 3.63) is 95.3 Å². The number of hydrogen-bond donors (Lipinski definition) is 1. The molecule has 1 aliphatic rings. The maximum atomic E-state index is 13.8. The molecule has 1 amide bonds. The van der Waals surface area contributed by atoms with Gasteiger partial charge in [0.25, 0.3) is 5.91 Å². The maximum absolute atomic E-state index is 13.8. The molecule has 0 spiro atoms. The van der Waals surface area contributed by atoms with Crippen molar-refractivity contribution in [3.63, 3.8) is 0 Å². The smallest absolute Gasteiger partial charge is 0.272 e. The Kier molecular flexibility index (Phi) is 6.16. The van der Waals surface area contributed by atoms with Crippen molar-refractivity contribution in [1.29, 1.82) is 0 Å². The van der Waals surface area contributed by atoms with Crippen molar-refractivity contribution >= 4 is 5.91 Å². The van der Waals surface area contributed by atoms with Crippen LogP contribution in [0.1, 0.15) is 58.4 Å². The van der Waals surface area contributed by atoms with Gasteiger partial charge in [-0.15, -0.1) is 0 Å². The minimum atomic E-state index is -0.439. The Hall–Kier alpha value is -3.87. The summed E-state index contributed by atoms with van der Waals surface area (Å²) in [6.07, 6.45) is 8.72. The number of amides is 1. The number of nitrogens with zero attached hydrogens (tertiary/aromatic N) is 4. The fourth-order valence-corrected chi connectivity index (χ4v) is 4.71. The largest absolute Gasteiger partial charge is 0.497 e. The Morgan fingerprint density at radius 1 is 1.06 bits per heavy atom. The number of carbonyl (C=O) groups is 1. The van der Waals surface area contributed by atoms with E-state index in [1.54, 1.807) is 13.3 Å². The van der Waals surface area contributed by atoms with Crippen molar-refractivity contribution in [2.45, 2.75) is 38.1 Å². The highest BCUT2D eigenvalue weighted by molar-refractivity contribution is 5.94. The van der Waals surface area contributed by atoms with Crippen LogP contribution in [0.3, 0.4) is 0 Å². The summed E-state index contributed by atoms with van der Waals surface area (Å²) in [6.45, 7) is 0. The molecule has 1 unspecified atom stereocenters. The lowest BCUT2D eigenvalue weighted by Gasteiger charge is -2.19. The number of aromatic nitrogens is 4. The van der Waals surface area contributed by atoms with E-state index in [-0.39, 0.29) is 5.91 Å². The molecule has 1 N–H and O–H groups in total. The molecular weight excluding hydrogens is 426 g/mol. The number of aryl methyl sites for hydroxylation is 1. The van der Waals surface area contributed by atoms with E-state index in [0.29, 0.717) is 5.69 Å². The second-order valence-electron chi connectivity index (χ2n) is 8.66. The summed E-state index contributed by atoms with van der Waals surface area (Å²) < 4.78 is 9.31. The zero-order valence-electron chi connectivity index (χ0n) is 19.6. The van der Waals surface area contributed by atoms with Crippen molar-refractivity contribution in [3.8, 4) is 11.4 Å². The second kappa shape index (κ2) is 9.55. The van der Waals surface area contributed by atoms with Gasteiger partial charge in [-0.3, -0.25) is 4.79 Å². The number of benzene rings is 2. The standard InChI is InChI=1S/C27H29N5O2/c1-31-17-16-28-26(31)24(19-10-9-13-21(18-19)34-2)29-27(33)25-22-14-7-4-8-15-23(22)32(30-25)20-11-5-3-6-12-20/h3,5-6,9-13,16-18,24H,4,7-8,14-15H2,1-2H3,(H,29,33). The van der Waals surface area contributed by atoms with Gasteiger partial charge >= 0.3 is 0 Å². The van der Waals surface area contributed by atoms with Gasteiger partial charge in [0.15, 0.2) is 5.69 Å². The third-order valence-corrected chi connectivity index (χ3v) is 6.47. The van der Waals surface area contributed by atoms with Crippen LogP contribution in [-0.4, -0.2) is 32.3 Å². The van der Waals surface area contributed by atoms with Gasteiger partial charge < -0.3 is 14.6 Å². The van der Waals surface area contributed by atoms with Crippen LogP contribution in [0, 0.1) is 0 Å². The van der Waals surface area contributed by atoms with Gasteiger partial charge in [-0.1, -0.05) is 36.8 Å². The van der Waals surface area contributed by atoms with E-state index in [9.17, 15) is 4.79 Å². The fourth-order valence-electron chi connectivity index (χ4n) is 4.71. The first-order valence-corrected chi connectivity index (χ1v) is 11.7. The minimum absolute atomic E-state index is 0.191. The molecule has 0 aliphatic heterocycles. The van der Waals surface area contributed by atoms with E-state index >= 15 is 0 Å². The van der Waals surface area contributed by atoms with Crippen LogP contribution < -0.4 is 10.1 Å². The predicted molar refractivity (Wildman–Crippen MR) is 130 cm³/mol. The fraction of sp³-hybridized carbons (Fsp3) is 0.296. The van der Waals surface area contributed by atoms with Gasteiger partial charge in [-0.25, -0.2) is 9.67 Å². The van der Waals surface area contributed by atoms with Gasteiger partial charge in [-0.05, 0) is 55.5 Å².